The molecule has 0 aromatic carbocycles. The van der Waals surface area contributed by atoms with E-state index in [4.69, 9.17) is 14.2 Å². The molecule has 2 aliphatic heterocycles. The van der Waals surface area contributed by atoms with Crippen LogP contribution in [0.15, 0.2) is 4.99 Å². The van der Waals surface area contributed by atoms with Crippen molar-refractivity contribution in [2.75, 3.05) is 78.9 Å². The topological polar surface area (TPSA) is 67.4 Å². The summed E-state index contributed by atoms with van der Waals surface area (Å²) < 4.78 is 16.5. The van der Waals surface area contributed by atoms with Crippen molar-refractivity contribution in [2.45, 2.75) is 32.6 Å². The summed E-state index contributed by atoms with van der Waals surface area (Å²) in [6, 6.07) is 0. The van der Waals surface area contributed by atoms with Crippen molar-refractivity contribution in [3.05, 3.63) is 0 Å². The SMILES string of the molecule is CCNC(=NCCCOCC1CCOC1)NCCCCN1CCOCC1.I. The fourth-order valence-electron chi connectivity index (χ4n) is 3.16. The highest BCUT2D eigenvalue weighted by Gasteiger charge is 2.15. The van der Waals surface area contributed by atoms with E-state index in [1.165, 1.54) is 13.0 Å². The molecule has 8 heteroatoms. The zero-order valence-corrected chi connectivity index (χ0v) is 19.2. The van der Waals surface area contributed by atoms with Crippen molar-refractivity contribution in [1.29, 1.82) is 0 Å². The normalized spacial score (nSPS) is 21.1. The van der Waals surface area contributed by atoms with Crippen LogP contribution in [0.2, 0.25) is 0 Å². The van der Waals surface area contributed by atoms with Crippen LogP contribution in [0.5, 0.6) is 0 Å². The number of morpholine rings is 1. The molecule has 0 bridgehead atoms. The summed E-state index contributed by atoms with van der Waals surface area (Å²) >= 11 is 0. The smallest absolute Gasteiger partial charge is 0.191 e. The van der Waals surface area contributed by atoms with Crippen LogP contribution in [-0.2, 0) is 14.2 Å². The Morgan fingerprint density at radius 2 is 1.96 bits per heavy atom. The maximum absolute atomic E-state index is 5.73. The Bertz CT molecular complexity index is 376. The average Bonchev–Trinajstić information content (AvgIpc) is 3.18. The summed E-state index contributed by atoms with van der Waals surface area (Å²) in [6.07, 6.45) is 4.47. The van der Waals surface area contributed by atoms with Crippen LogP contribution < -0.4 is 10.6 Å². The summed E-state index contributed by atoms with van der Waals surface area (Å²) in [5.74, 6) is 1.51. The molecular formula is C19H39IN4O3. The lowest BCUT2D eigenvalue weighted by atomic mass is 10.1. The van der Waals surface area contributed by atoms with E-state index in [-0.39, 0.29) is 24.0 Å². The predicted octanol–water partition coefficient (Wildman–Crippen LogP) is 1.72. The fraction of sp³-hybridized carbons (Fsp3) is 0.947. The van der Waals surface area contributed by atoms with Gasteiger partial charge in [-0.3, -0.25) is 9.89 Å². The molecule has 1 atom stereocenters. The highest BCUT2D eigenvalue weighted by atomic mass is 127. The van der Waals surface area contributed by atoms with Gasteiger partial charge >= 0.3 is 0 Å². The quantitative estimate of drug-likeness (QED) is 0.185. The molecule has 7 nitrogen and oxygen atoms in total. The zero-order valence-electron chi connectivity index (χ0n) is 16.9. The van der Waals surface area contributed by atoms with Crippen LogP contribution in [0.1, 0.15) is 32.6 Å². The number of hydrogen-bond donors (Lipinski definition) is 2. The lowest BCUT2D eigenvalue weighted by Gasteiger charge is -2.26. The molecule has 0 aromatic rings. The predicted molar refractivity (Wildman–Crippen MR) is 120 cm³/mol. The lowest BCUT2D eigenvalue weighted by Crippen LogP contribution is -2.39. The first-order chi connectivity index (χ1) is 12.9. The van der Waals surface area contributed by atoms with Crippen molar-refractivity contribution in [3.63, 3.8) is 0 Å². The van der Waals surface area contributed by atoms with Crippen LogP contribution in [0.4, 0.5) is 0 Å². The largest absolute Gasteiger partial charge is 0.381 e. The average molecular weight is 498 g/mol. The molecule has 1 unspecified atom stereocenters. The minimum atomic E-state index is 0. The van der Waals surface area contributed by atoms with Gasteiger partial charge < -0.3 is 24.8 Å². The van der Waals surface area contributed by atoms with Gasteiger partial charge in [0.05, 0.1) is 26.4 Å². The van der Waals surface area contributed by atoms with Gasteiger partial charge in [-0.1, -0.05) is 0 Å². The van der Waals surface area contributed by atoms with E-state index in [1.807, 2.05) is 0 Å². The number of rotatable bonds is 12. The van der Waals surface area contributed by atoms with Gasteiger partial charge in [0, 0.05) is 51.9 Å². The van der Waals surface area contributed by atoms with Crippen LogP contribution in [0, 0.1) is 5.92 Å². The van der Waals surface area contributed by atoms with Gasteiger partial charge in [0.2, 0.25) is 0 Å². The second kappa shape index (κ2) is 16.8. The van der Waals surface area contributed by atoms with E-state index in [1.54, 1.807) is 0 Å². The maximum atomic E-state index is 5.73. The van der Waals surface area contributed by atoms with E-state index >= 15 is 0 Å². The van der Waals surface area contributed by atoms with Crippen molar-refractivity contribution in [1.82, 2.24) is 15.5 Å². The molecular weight excluding hydrogens is 459 g/mol. The van der Waals surface area contributed by atoms with E-state index < -0.39 is 0 Å². The molecule has 2 saturated heterocycles. The summed E-state index contributed by atoms with van der Waals surface area (Å²) in [5.41, 5.74) is 0. The summed E-state index contributed by atoms with van der Waals surface area (Å²) in [5, 5.41) is 6.75. The van der Waals surface area contributed by atoms with Gasteiger partial charge in [-0.05, 0) is 39.2 Å². The van der Waals surface area contributed by atoms with E-state index in [0.29, 0.717) is 5.92 Å². The summed E-state index contributed by atoms with van der Waals surface area (Å²) in [6.45, 7) is 13.2. The third-order valence-corrected chi connectivity index (χ3v) is 4.74. The number of guanidine groups is 1. The number of aliphatic imine (C=N–C) groups is 1. The van der Waals surface area contributed by atoms with Gasteiger partial charge in [-0.15, -0.1) is 24.0 Å². The Morgan fingerprint density at radius 1 is 1.11 bits per heavy atom. The number of ether oxygens (including phenoxy) is 3. The van der Waals surface area contributed by atoms with Gasteiger partial charge in [-0.2, -0.15) is 0 Å². The second-order valence-electron chi connectivity index (χ2n) is 7.01. The highest BCUT2D eigenvalue weighted by Crippen LogP contribution is 2.12. The van der Waals surface area contributed by atoms with Gasteiger partial charge in [0.1, 0.15) is 0 Å². The van der Waals surface area contributed by atoms with Crippen LogP contribution >= 0.6 is 24.0 Å². The Labute approximate surface area is 182 Å². The van der Waals surface area contributed by atoms with E-state index in [2.05, 4.69) is 27.4 Å². The Balaban J connectivity index is 0.00000364. The first-order valence-electron chi connectivity index (χ1n) is 10.4. The van der Waals surface area contributed by atoms with Crippen molar-refractivity contribution in [2.24, 2.45) is 10.9 Å². The van der Waals surface area contributed by atoms with Gasteiger partial charge in [-0.25, -0.2) is 0 Å². The van der Waals surface area contributed by atoms with Crippen LogP contribution in [0.3, 0.4) is 0 Å². The van der Waals surface area contributed by atoms with Crippen LogP contribution in [0.25, 0.3) is 0 Å². The number of nitrogens with one attached hydrogen (secondary N) is 2. The van der Waals surface area contributed by atoms with E-state index in [0.717, 1.165) is 97.6 Å². The summed E-state index contributed by atoms with van der Waals surface area (Å²) in [4.78, 5) is 7.12. The molecule has 0 amide bonds. The zero-order chi connectivity index (χ0) is 18.3. The molecule has 0 saturated carbocycles. The Kier molecular flexibility index (Phi) is 15.4. The van der Waals surface area contributed by atoms with Crippen molar-refractivity contribution < 1.29 is 14.2 Å². The Hall–Kier alpha value is -0.160. The molecule has 0 spiro atoms. The lowest BCUT2D eigenvalue weighted by molar-refractivity contribution is 0.0372. The molecule has 2 aliphatic rings. The molecule has 2 N–H and O–H groups in total. The fourth-order valence-corrected chi connectivity index (χ4v) is 3.16. The monoisotopic (exact) mass is 498 g/mol. The minimum absolute atomic E-state index is 0. The molecule has 0 radical (unpaired) electrons. The highest BCUT2D eigenvalue weighted by molar-refractivity contribution is 14.0. The van der Waals surface area contributed by atoms with Gasteiger partial charge in [0.15, 0.2) is 5.96 Å². The summed E-state index contributed by atoms with van der Waals surface area (Å²) in [7, 11) is 0. The molecule has 0 aromatic heterocycles. The minimum Gasteiger partial charge on any atom is -0.381 e. The number of hydrogen-bond acceptors (Lipinski definition) is 5. The second-order valence-corrected chi connectivity index (χ2v) is 7.01. The Morgan fingerprint density at radius 3 is 2.70 bits per heavy atom. The first kappa shape index (κ1) is 24.9. The van der Waals surface area contributed by atoms with Crippen molar-refractivity contribution in [3.8, 4) is 0 Å². The number of unbranched alkanes of at least 4 members (excludes halogenated alkanes) is 1. The van der Waals surface area contributed by atoms with Crippen LogP contribution in [-0.4, -0.2) is 89.8 Å². The van der Waals surface area contributed by atoms with E-state index in [9.17, 15) is 0 Å². The molecule has 2 heterocycles. The standard InChI is InChI=1S/C19H38N4O3.HI/c1-2-20-19(21-7-3-4-9-23-10-14-24-15-11-23)22-8-5-12-25-16-18-6-13-26-17-18;/h18H,2-17H2,1H3,(H2,20,21,22);1H. The number of halogens is 1. The van der Waals surface area contributed by atoms with Crippen molar-refractivity contribution >= 4 is 29.9 Å². The third kappa shape index (κ3) is 12.1. The first-order valence-corrected chi connectivity index (χ1v) is 10.4. The third-order valence-electron chi connectivity index (χ3n) is 4.74. The molecule has 2 fully saturated rings. The van der Waals surface area contributed by atoms with Gasteiger partial charge in [0.25, 0.3) is 0 Å². The maximum Gasteiger partial charge on any atom is 0.191 e. The molecule has 160 valence electrons. The number of nitrogens with zero attached hydrogens (tertiary/aromatic N) is 2. The molecule has 2 rings (SSSR count). The molecule has 0 aliphatic carbocycles. The molecule has 27 heavy (non-hydrogen) atoms.